The Bertz CT molecular complexity index is 495. The van der Waals surface area contributed by atoms with Crippen molar-refractivity contribution in [3.8, 4) is 0 Å². The Kier molecular flexibility index (Phi) is 6.75. The molecule has 1 aliphatic carbocycles. The van der Waals surface area contributed by atoms with E-state index in [1.807, 2.05) is 4.90 Å². The first-order chi connectivity index (χ1) is 12.6. The number of hydrogen-bond acceptors (Lipinski definition) is 5. The summed E-state index contributed by atoms with van der Waals surface area (Å²) in [5.41, 5.74) is -1.31. The molecule has 0 spiro atoms. The van der Waals surface area contributed by atoms with E-state index in [-0.39, 0.29) is 18.5 Å². The molecule has 7 heteroatoms. The summed E-state index contributed by atoms with van der Waals surface area (Å²) in [5, 5.41) is 14.0. The Hall–Kier alpha value is -1.34. The van der Waals surface area contributed by atoms with E-state index in [0.29, 0.717) is 32.7 Å². The third-order valence-electron chi connectivity index (χ3n) is 6.06. The highest BCUT2D eigenvalue weighted by molar-refractivity contribution is 5.86. The van der Waals surface area contributed by atoms with Crippen molar-refractivity contribution >= 4 is 12.0 Å². The fourth-order valence-electron chi connectivity index (χ4n) is 4.39. The molecule has 1 saturated carbocycles. The Morgan fingerprint density at radius 1 is 1.08 bits per heavy atom. The topological polar surface area (TPSA) is 82.1 Å². The van der Waals surface area contributed by atoms with Crippen LogP contribution in [0.5, 0.6) is 0 Å². The number of amides is 2. The summed E-state index contributed by atoms with van der Waals surface area (Å²) in [6, 6.07) is 0. The van der Waals surface area contributed by atoms with Gasteiger partial charge in [-0.2, -0.15) is 0 Å². The molecule has 0 radical (unpaired) electrons. The molecule has 3 rings (SSSR count). The van der Waals surface area contributed by atoms with Gasteiger partial charge in [0.15, 0.2) is 5.60 Å². The van der Waals surface area contributed by atoms with Gasteiger partial charge >= 0.3 is 6.09 Å². The SMILES string of the molecule is O=C1OCCN1CCNC[C@]1(O)CCCN(CCC2CCCCC2)C1=O. The van der Waals surface area contributed by atoms with Gasteiger partial charge < -0.3 is 25.0 Å². The minimum Gasteiger partial charge on any atom is -0.448 e. The Balaban J connectivity index is 1.40. The molecule has 26 heavy (non-hydrogen) atoms. The van der Waals surface area contributed by atoms with E-state index in [0.717, 1.165) is 31.8 Å². The largest absolute Gasteiger partial charge is 0.448 e. The summed E-state index contributed by atoms with van der Waals surface area (Å²) in [5.74, 6) is 0.609. The van der Waals surface area contributed by atoms with Gasteiger partial charge in [0, 0.05) is 32.7 Å². The number of rotatable bonds is 8. The number of likely N-dealkylation sites (tertiary alicyclic amines) is 1. The maximum atomic E-state index is 12.8. The van der Waals surface area contributed by atoms with Crippen molar-refractivity contribution in [2.24, 2.45) is 5.92 Å². The molecule has 7 nitrogen and oxygen atoms in total. The molecular formula is C19H33N3O4. The standard InChI is InChI=1S/C19H33N3O4/c23-17-19(25,15-20-9-12-22-13-14-26-18(22)24)8-4-10-21(17)11-7-16-5-2-1-3-6-16/h16,20,25H,1-15H2/t19-/m1/s1. The summed E-state index contributed by atoms with van der Waals surface area (Å²) in [4.78, 5) is 27.7. The van der Waals surface area contributed by atoms with Crippen LogP contribution >= 0.6 is 0 Å². The van der Waals surface area contributed by atoms with Crippen LogP contribution in [0.3, 0.4) is 0 Å². The summed E-state index contributed by atoms with van der Waals surface area (Å²) in [6.07, 6.45) is 8.67. The molecule has 2 saturated heterocycles. The lowest BCUT2D eigenvalue weighted by Crippen LogP contribution is -2.58. The van der Waals surface area contributed by atoms with Gasteiger partial charge in [-0.05, 0) is 25.2 Å². The van der Waals surface area contributed by atoms with Crippen molar-refractivity contribution in [3.63, 3.8) is 0 Å². The number of ether oxygens (including phenoxy) is 1. The van der Waals surface area contributed by atoms with Crippen molar-refractivity contribution in [2.75, 3.05) is 45.9 Å². The molecule has 0 unspecified atom stereocenters. The van der Waals surface area contributed by atoms with Crippen molar-refractivity contribution in [2.45, 2.75) is 57.0 Å². The molecule has 3 aliphatic rings. The van der Waals surface area contributed by atoms with Crippen LogP contribution in [-0.4, -0.2) is 78.4 Å². The third kappa shape index (κ3) is 4.88. The molecule has 2 amide bonds. The molecular weight excluding hydrogens is 334 g/mol. The fourth-order valence-corrected chi connectivity index (χ4v) is 4.39. The van der Waals surface area contributed by atoms with Gasteiger partial charge in [0.2, 0.25) is 0 Å². The minimum absolute atomic E-state index is 0.132. The van der Waals surface area contributed by atoms with Crippen molar-refractivity contribution in [3.05, 3.63) is 0 Å². The predicted molar refractivity (Wildman–Crippen MR) is 97.7 cm³/mol. The monoisotopic (exact) mass is 367 g/mol. The van der Waals surface area contributed by atoms with Gasteiger partial charge in [-0.3, -0.25) is 4.79 Å². The maximum absolute atomic E-state index is 12.8. The second kappa shape index (κ2) is 9.04. The first-order valence-corrected chi connectivity index (χ1v) is 10.2. The first kappa shape index (κ1) is 19.4. The molecule has 0 bridgehead atoms. The molecule has 148 valence electrons. The second-order valence-electron chi connectivity index (χ2n) is 8.00. The highest BCUT2D eigenvalue weighted by atomic mass is 16.6. The molecule has 1 atom stereocenters. The summed E-state index contributed by atoms with van der Waals surface area (Å²) >= 11 is 0. The Morgan fingerprint density at radius 2 is 1.88 bits per heavy atom. The fraction of sp³-hybridized carbons (Fsp3) is 0.895. The molecule has 0 aromatic rings. The van der Waals surface area contributed by atoms with E-state index < -0.39 is 5.60 Å². The van der Waals surface area contributed by atoms with E-state index in [2.05, 4.69) is 5.32 Å². The lowest BCUT2D eigenvalue weighted by atomic mass is 9.86. The van der Waals surface area contributed by atoms with E-state index in [9.17, 15) is 14.7 Å². The lowest BCUT2D eigenvalue weighted by molar-refractivity contribution is -0.156. The van der Waals surface area contributed by atoms with Crippen LogP contribution in [0, 0.1) is 5.92 Å². The van der Waals surface area contributed by atoms with Crippen molar-refractivity contribution < 1.29 is 19.4 Å². The zero-order valence-corrected chi connectivity index (χ0v) is 15.8. The van der Waals surface area contributed by atoms with Gasteiger partial charge in [0.05, 0.1) is 6.54 Å². The van der Waals surface area contributed by atoms with E-state index in [1.165, 1.54) is 32.1 Å². The number of cyclic esters (lactones) is 1. The lowest BCUT2D eigenvalue weighted by Gasteiger charge is -2.39. The van der Waals surface area contributed by atoms with Crippen LogP contribution < -0.4 is 5.32 Å². The number of nitrogens with zero attached hydrogens (tertiary/aromatic N) is 2. The van der Waals surface area contributed by atoms with E-state index in [1.54, 1.807) is 4.90 Å². The van der Waals surface area contributed by atoms with Gasteiger partial charge in [-0.1, -0.05) is 32.1 Å². The Morgan fingerprint density at radius 3 is 2.62 bits per heavy atom. The number of aliphatic hydroxyl groups is 1. The summed E-state index contributed by atoms with van der Waals surface area (Å²) in [6.45, 7) is 3.91. The van der Waals surface area contributed by atoms with Crippen LogP contribution in [0.1, 0.15) is 51.4 Å². The maximum Gasteiger partial charge on any atom is 0.409 e. The molecule has 0 aromatic carbocycles. The number of hydrogen-bond donors (Lipinski definition) is 2. The molecule has 2 N–H and O–H groups in total. The van der Waals surface area contributed by atoms with E-state index >= 15 is 0 Å². The Labute approximate surface area is 156 Å². The van der Waals surface area contributed by atoms with Crippen LogP contribution in [0.25, 0.3) is 0 Å². The minimum atomic E-state index is -1.31. The van der Waals surface area contributed by atoms with Gasteiger partial charge in [-0.25, -0.2) is 4.79 Å². The van der Waals surface area contributed by atoms with Crippen molar-refractivity contribution in [1.82, 2.24) is 15.1 Å². The molecule has 0 aromatic heterocycles. The van der Waals surface area contributed by atoms with E-state index in [4.69, 9.17) is 4.74 Å². The van der Waals surface area contributed by atoms with Gasteiger partial charge in [0.25, 0.3) is 5.91 Å². The molecule has 3 fully saturated rings. The number of nitrogens with one attached hydrogen (secondary N) is 1. The van der Waals surface area contributed by atoms with Gasteiger partial charge in [-0.15, -0.1) is 0 Å². The normalized spacial score (nSPS) is 27.9. The first-order valence-electron chi connectivity index (χ1n) is 10.2. The second-order valence-corrected chi connectivity index (χ2v) is 8.00. The highest BCUT2D eigenvalue weighted by Crippen LogP contribution is 2.28. The van der Waals surface area contributed by atoms with Gasteiger partial charge in [0.1, 0.15) is 6.61 Å². The number of carbonyl (C=O) groups is 2. The average Bonchev–Trinajstić information content (AvgIpc) is 3.06. The zero-order valence-electron chi connectivity index (χ0n) is 15.8. The summed E-state index contributed by atoms with van der Waals surface area (Å²) < 4.78 is 4.89. The van der Waals surface area contributed by atoms with Crippen LogP contribution in [0.4, 0.5) is 4.79 Å². The summed E-state index contributed by atoms with van der Waals surface area (Å²) in [7, 11) is 0. The predicted octanol–water partition coefficient (Wildman–Crippen LogP) is 1.35. The van der Waals surface area contributed by atoms with Crippen molar-refractivity contribution in [1.29, 1.82) is 0 Å². The molecule has 2 heterocycles. The van der Waals surface area contributed by atoms with Crippen LogP contribution in [0.2, 0.25) is 0 Å². The average molecular weight is 367 g/mol. The molecule has 2 aliphatic heterocycles. The number of piperidine rings is 1. The van der Waals surface area contributed by atoms with Crippen LogP contribution in [-0.2, 0) is 9.53 Å². The smallest absolute Gasteiger partial charge is 0.409 e. The van der Waals surface area contributed by atoms with Crippen LogP contribution in [0.15, 0.2) is 0 Å². The zero-order chi connectivity index (χ0) is 18.4. The quantitative estimate of drug-likeness (QED) is 0.633. The number of carbonyl (C=O) groups excluding carboxylic acids is 2. The highest BCUT2D eigenvalue weighted by Gasteiger charge is 2.41. The third-order valence-corrected chi connectivity index (χ3v) is 6.06.